The van der Waals surface area contributed by atoms with Crippen LogP contribution >= 0.6 is 0 Å². The minimum absolute atomic E-state index is 0.0188. The summed E-state index contributed by atoms with van der Waals surface area (Å²) in [5.41, 5.74) is 0.641. The molecule has 1 unspecified atom stereocenters. The molecule has 0 aliphatic heterocycles. The van der Waals surface area contributed by atoms with Crippen LogP contribution in [0.15, 0.2) is 24.3 Å². The van der Waals surface area contributed by atoms with Crippen molar-refractivity contribution in [2.24, 2.45) is 0 Å². The lowest BCUT2D eigenvalue weighted by Crippen LogP contribution is -2.12. The second-order valence-corrected chi connectivity index (χ2v) is 4.11. The van der Waals surface area contributed by atoms with Crippen molar-refractivity contribution in [2.45, 2.75) is 32.3 Å². The zero-order valence-corrected chi connectivity index (χ0v) is 9.23. The average Bonchev–Trinajstić information content (AvgIpc) is 2.64. The molecule has 16 heavy (non-hydrogen) atoms. The predicted octanol–water partition coefficient (Wildman–Crippen LogP) is 2.39. The Morgan fingerprint density at radius 3 is 2.88 bits per heavy atom. The number of rotatable bonds is 3. The lowest BCUT2D eigenvalue weighted by atomic mass is 10.1. The number of benzene rings is 1. The molecule has 0 spiro atoms. The van der Waals surface area contributed by atoms with Crippen LogP contribution in [0.4, 0.5) is 0 Å². The van der Waals surface area contributed by atoms with Crippen LogP contribution in [0.3, 0.4) is 0 Å². The van der Waals surface area contributed by atoms with Gasteiger partial charge in [-0.05, 0) is 25.5 Å². The van der Waals surface area contributed by atoms with Gasteiger partial charge < -0.3 is 4.74 Å². The molecule has 1 aromatic carbocycles. The molecule has 1 aliphatic carbocycles. The van der Waals surface area contributed by atoms with E-state index in [0.29, 0.717) is 24.2 Å². The molecule has 0 heterocycles. The first kappa shape index (κ1) is 10.9. The first-order valence-corrected chi connectivity index (χ1v) is 5.44. The van der Waals surface area contributed by atoms with Gasteiger partial charge in [-0.3, -0.25) is 9.59 Å². The van der Waals surface area contributed by atoms with E-state index in [1.54, 1.807) is 18.2 Å². The van der Waals surface area contributed by atoms with Crippen LogP contribution in [-0.4, -0.2) is 17.7 Å². The summed E-state index contributed by atoms with van der Waals surface area (Å²) in [6.07, 6.45) is 1.86. The van der Waals surface area contributed by atoms with Gasteiger partial charge in [-0.25, -0.2) is 0 Å². The molecule has 1 saturated carbocycles. The number of Topliss-reactive ketones (excluding diaryl/α,β-unsaturated/α-hetero) is 2. The summed E-state index contributed by atoms with van der Waals surface area (Å²) in [6, 6.07) is 7.10. The molecule has 0 aromatic heterocycles. The first-order chi connectivity index (χ1) is 7.65. The molecule has 0 bridgehead atoms. The third kappa shape index (κ3) is 2.48. The molecular weight excluding hydrogens is 204 g/mol. The molecule has 1 aliphatic rings. The van der Waals surface area contributed by atoms with Gasteiger partial charge in [0, 0.05) is 18.4 Å². The molecule has 1 aromatic rings. The molecule has 84 valence electrons. The Morgan fingerprint density at radius 1 is 1.44 bits per heavy atom. The van der Waals surface area contributed by atoms with Gasteiger partial charge in [0.15, 0.2) is 5.78 Å². The lowest BCUT2D eigenvalue weighted by Gasteiger charge is -2.12. The first-order valence-electron chi connectivity index (χ1n) is 5.44. The highest BCUT2D eigenvalue weighted by atomic mass is 16.5. The summed E-state index contributed by atoms with van der Waals surface area (Å²) in [6.45, 7) is 1.53. The number of ketones is 2. The highest BCUT2D eigenvalue weighted by Crippen LogP contribution is 2.22. The number of carbonyl (C=O) groups excluding carboxylic acids is 2. The van der Waals surface area contributed by atoms with E-state index in [1.165, 1.54) is 6.92 Å². The molecule has 3 heteroatoms. The van der Waals surface area contributed by atoms with Gasteiger partial charge in [0.1, 0.15) is 17.6 Å². The van der Waals surface area contributed by atoms with Crippen LogP contribution in [0.2, 0.25) is 0 Å². The van der Waals surface area contributed by atoms with Crippen LogP contribution < -0.4 is 4.74 Å². The van der Waals surface area contributed by atoms with Gasteiger partial charge in [-0.2, -0.15) is 0 Å². The van der Waals surface area contributed by atoms with Gasteiger partial charge in [-0.15, -0.1) is 0 Å². The molecular formula is C13H14O3. The molecule has 0 N–H and O–H groups in total. The molecule has 0 amide bonds. The highest BCUT2D eigenvalue weighted by molar-refractivity contribution is 5.94. The Labute approximate surface area is 94.4 Å². The van der Waals surface area contributed by atoms with E-state index in [2.05, 4.69) is 0 Å². The second-order valence-electron chi connectivity index (χ2n) is 4.11. The summed E-state index contributed by atoms with van der Waals surface area (Å²) in [5, 5.41) is 0. The van der Waals surface area contributed by atoms with Crippen molar-refractivity contribution in [3.8, 4) is 5.75 Å². The third-order valence-corrected chi connectivity index (χ3v) is 2.74. The highest BCUT2D eigenvalue weighted by Gasteiger charge is 2.23. The Morgan fingerprint density at radius 2 is 2.25 bits per heavy atom. The molecule has 2 rings (SSSR count). The van der Waals surface area contributed by atoms with Gasteiger partial charge in [-0.1, -0.05) is 12.1 Å². The van der Waals surface area contributed by atoms with Crippen LogP contribution in [-0.2, 0) is 4.79 Å². The van der Waals surface area contributed by atoms with Crippen LogP contribution in [0.5, 0.6) is 5.75 Å². The maximum Gasteiger partial charge on any atom is 0.159 e. The fourth-order valence-electron chi connectivity index (χ4n) is 1.86. The van der Waals surface area contributed by atoms with Gasteiger partial charge in [0.25, 0.3) is 0 Å². The minimum Gasteiger partial charge on any atom is -0.490 e. The standard InChI is InChI=1S/C13H14O3/c1-9(14)10-3-2-4-12(7-10)16-13-6-5-11(15)8-13/h2-4,7,13H,5-6,8H2,1H3. The van der Waals surface area contributed by atoms with Crippen LogP contribution in [0.1, 0.15) is 36.5 Å². The van der Waals surface area contributed by atoms with Crippen molar-refractivity contribution in [3.05, 3.63) is 29.8 Å². The summed E-state index contributed by atoms with van der Waals surface area (Å²) < 4.78 is 5.66. The molecule has 3 nitrogen and oxygen atoms in total. The van der Waals surface area contributed by atoms with E-state index >= 15 is 0 Å². The van der Waals surface area contributed by atoms with Crippen LogP contribution in [0.25, 0.3) is 0 Å². The molecule has 1 fully saturated rings. The summed E-state index contributed by atoms with van der Waals surface area (Å²) in [5.74, 6) is 0.952. The Hall–Kier alpha value is -1.64. The summed E-state index contributed by atoms with van der Waals surface area (Å²) >= 11 is 0. The quantitative estimate of drug-likeness (QED) is 0.731. The van der Waals surface area contributed by atoms with Crippen molar-refractivity contribution in [1.29, 1.82) is 0 Å². The Bertz CT molecular complexity index is 423. The molecule has 0 radical (unpaired) electrons. The molecule has 1 atom stereocenters. The van der Waals surface area contributed by atoms with E-state index in [-0.39, 0.29) is 17.7 Å². The maximum atomic E-state index is 11.2. The third-order valence-electron chi connectivity index (χ3n) is 2.74. The lowest BCUT2D eigenvalue weighted by molar-refractivity contribution is -0.117. The van der Waals surface area contributed by atoms with Crippen molar-refractivity contribution in [2.75, 3.05) is 0 Å². The monoisotopic (exact) mass is 218 g/mol. The number of hydrogen-bond donors (Lipinski definition) is 0. The summed E-state index contributed by atoms with van der Waals surface area (Å²) in [4.78, 5) is 22.3. The predicted molar refractivity (Wildman–Crippen MR) is 59.7 cm³/mol. The zero-order chi connectivity index (χ0) is 11.5. The van der Waals surface area contributed by atoms with Crippen molar-refractivity contribution >= 4 is 11.6 Å². The average molecular weight is 218 g/mol. The largest absolute Gasteiger partial charge is 0.490 e. The number of ether oxygens (including phenoxy) is 1. The van der Waals surface area contributed by atoms with E-state index in [4.69, 9.17) is 4.74 Å². The van der Waals surface area contributed by atoms with Crippen molar-refractivity contribution < 1.29 is 14.3 Å². The smallest absolute Gasteiger partial charge is 0.159 e. The zero-order valence-electron chi connectivity index (χ0n) is 9.23. The van der Waals surface area contributed by atoms with Gasteiger partial charge in [0.2, 0.25) is 0 Å². The fourth-order valence-corrected chi connectivity index (χ4v) is 1.86. The van der Waals surface area contributed by atoms with Crippen molar-refractivity contribution in [3.63, 3.8) is 0 Å². The summed E-state index contributed by atoms with van der Waals surface area (Å²) in [7, 11) is 0. The Kier molecular flexibility index (Phi) is 3.04. The van der Waals surface area contributed by atoms with Crippen LogP contribution in [0, 0.1) is 0 Å². The second kappa shape index (κ2) is 4.47. The Balaban J connectivity index is 2.07. The van der Waals surface area contributed by atoms with E-state index < -0.39 is 0 Å². The van der Waals surface area contributed by atoms with E-state index in [9.17, 15) is 9.59 Å². The molecule has 0 saturated heterocycles. The van der Waals surface area contributed by atoms with Crippen molar-refractivity contribution in [1.82, 2.24) is 0 Å². The number of hydrogen-bond acceptors (Lipinski definition) is 3. The minimum atomic E-state index is -0.0188. The van der Waals surface area contributed by atoms with E-state index in [0.717, 1.165) is 6.42 Å². The maximum absolute atomic E-state index is 11.2. The van der Waals surface area contributed by atoms with E-state index in [1.807, 2.05) is 6.07 Å². The van der Waals surface area contributed by atoms with Gasteiger partial charge in [0.05, 0.1) is 0 Å². The SMILES string of the molecule is CC(=O)c1cccc(OC2CCC(=O)C2)c1. The normalized spacial score (nSPS) is 19.8. The fraction of sp³-hybridized carbons (Fsp3) is 0.385. The number of carbonyl (C=O) groups is 2. The van der Waals surface area contributed by atoms with Gasteiger partial charge >= 0.3 is 0 Å². The topological polar surface area (TPSA) is 43.4 Å².